The average molecular weight is 262 g/mol. The lowest BCUT2D eigenvalue weighted by Crippen LogP contribution is -2.14. The fourth-order valence-corrected chi connectivity index (χ4v) is 1.39. The summed E-state index contributed by atoms with van der Waals surface area (Å²) in [5.74, 6) is 0.148. The Bertz CT molecular complexity index is 286. The van der Waals surface area contributed by atoms with Gasteiger partial charge in [-0.05, 0) is 28.7 Å². The first-order valence-electron chi connectivity index (χ1n) is 2.98. The maximum Gasteiger partial charge on any atom is 0.171 e. The van der Waals surface area contributed by atoms with Crippen LogP contribution < -0.4 is 5.73 Å². The molecule has 11 heavy (non-hydrogen) atoms. The summed E-state index contributed by atoms with van der Waals surface area (Å²) < 4.78 is 0.973. The molecular formula is C7H7IN2O. The quantitative estimate of drug-likeness (QED) is 0.264. The van der Waals surface area contributed by atoms with Gasteiger partial charge in [-0.15, -0.1) is 0 Å². The minimum Gasteiger partial charge on any atom is -0.409 e. The number of amidine groups is 1. The Labute approximate surface area is 78.0 Å². The van der Waals surface area contributed by atoms with Crippen LogP contribution in [0, 0.1) is 3.57 Å². The molecule has 0 aliphatic heterocycles. The highest BCUT2D eigenvalue weighted by molar-refractivity contribution is 14.1. The predicted molar refractivity (Wildman–Crippen MR) is 51.7 cm³/mol. The van der Waals surface area contributed by atoms with Crippen molar-refractivity contribution in [2.75, 3.05) is 0 Å². The van der Waals surface area contributed by atoms with Gasteiger partial charge in [0, 0.05) is 9.13 Å². The van der Waals surface area contributed by atoms with Crippen LogP contribution >= 0.6 is 22.6 Å². The van der Waals surface area contributed by atoms with E-state index in [4.69, 9.17) is 10.9 Å². The van der Waals surface area contributed by atoms with Crippen LogP contribution in [-0.2, 0) is 0 Å². The highest BCUT2D eigenvalue weighted by Gasteiger charge is 2.01. The Morgan fingerprint density at radius 3 is 2.64 bits per heavy atom. The molecule has 1 rings (SSSR count). The Balaban J connectivity index is 3.14. The van der Waals surface area contributed by atoms with Gasteiger partial charge in [-0.3, -0.25) is 0 Å². The van der Waals surface area contributed by atoms with Gasteiger partial charge >= 0.3 is 0 Å². The van der Waals surface area contributed by atoms with Gasteiger partial charge in [0.25, 0.3) is 0 Å². The average Bonchev–Trinajstić information content (AvgIpc) is 2.04. The zero-order chi connectivity index (χ0) is 8.27. The topological polar surface area (TPSA) is 58.6 Å². The molecule has 3 nitrogen and oxygen atoms in total. The van der Waals surface area contributed by atoms with Gasteiger partial charge in [-0.25, -0.2) is 0 Å². The minimum absolute atomic E-state index is 0.148. The van der Waals surface area contributed by atoms with Crippen molar-refractivity contribution < 1.29 is 5.21 Å². The largest absolute Gasteiger partial charge is 0.409 e. The van der Waals surface area contributed by atoms with Crippen molar-refractivity contribution in [1.29, 1.82) is 0 Å². The molecule has 0 aromatic heterocycles. The van der Waals surface area contributed by atoms with E-state index in [-0.39, 0.29) is 5.84 Å². The Kier molecular flexibility index (Phi) is 2.70. The molecule has 1 aromatic rings. The molecule has 3 N–H and O–H groups in total. The van der Waals surface area contributed by atoms with Gasteiger partial charge in [0.05, 0.1) is 0 Å². The highest BCUT2D eigenvalue weighted by Crippen LogP contribution is 2.10. The van der Waals surface area contributed by atoms with E-state index in [1.165, 1.54) is 0 Å². The Morgan fingerprint density at radius 1 is 1.45 bits per heavy atom. The SMILES string of the molecule is NC(=NO)c1ccccc1I. The van der Waals surface area contributed by atoms with Gasteiger partial charge < -0.3 is 10.9 Å². The van der Waals surface area contributed by atoms with E-state index in [2.05, 4.69) is 27.7 Å². The van der Waals surface area contributed by atoms with Crippen molar-refractivity contribution in [2.45, 2.75) is 0 Å². The molecule has 0 aliphatic carbocycles. The summed E-state index contributed by atoms with van der Waals surface area (Å²) in [6.45, 7) is 0. The smallest absolute Gasteiger partial charge is 0.171 e. The van der Waals surface area contributed by atoms with Gasteiger partial charge in [-0.2, -0.15) is 0 Å². The van der Waals surface area contributed by atoms with Crippen LogP contribution in [-0.4, -0.2) is 11.0 Å². The first kappa shape index (κ1) is 8.32. The molecule has 0 radical (unpaired) electrons. The molecule has 1 aromatic carbocycles. The summed E-state index contributed by atoms with van der Waals surface area (Å²) >= 11 is 2.13. The lowest BCUT2D eigenvalue weighted by atomic mass is 10.2. The van der Waals surface area contributed by atoms with Gasteiger partial charge in [0.1, 0.15) is 0 Å². The number of oxime groups is 1. The van der Waals surface area contributed by atoms with Crippen LogP contribution in [0.3, 0.4) is 0 Å². The number of hydrogen-bond acceptors (Lipinski definition) is 2. The molecule has 58 valence electrons. The predicted octanol–water partition coefficient (Wildman–Crippen LogP) is 1.39. The monoisotopic (exact) mass is 262 g/mol. The second-order valence-corrected chi connectivity index (χ2v) is 3.13. The molecule has 0 saturated heterocycles. The standard InChI is InChI=1S/C7H7IN2O/c8-6-4-2-1-3-5(6)7(9)10-11/h1-4,11H,(H2,9,10). The van der Waals surface area contributed by atoms with Crippen LogP contribution in [0.25, 0.3) is 0 Å². The van der Waals surface area contributed by atoms with Crippen LogP contribution in [0.15, 0.2) is 29.4 Å². The molecule has 0 atom stereocenters. The zero-order valence-corrected chi connectivity index (χ0v) is 7.82. The molecule has 0 spiro atoms. The summed E-state index contributed by atoms with van der Waals surface area (Å²) in [4.78, 5) is 0. The number of nitrogens with two attached hydrogens (primary N) is 1. The van der Waals surface area contributed by atoms with Crippen molar-refractivity contribution in [3.05, 3.63) is 33.4 Å². The van der Waals surface area contributed by atoms with Crippen LogP contribution in [0.5, 0.6) is 0 Å². The number of nitrogens with zero attached hydrogens (tertiary/aromatic N) is 1. The normalized spacial score (nSPS) is 11.5. The molecule has 0 heterocycles. The molecule has 0 unspecified atom stereocenters. The van der Waals surface area contributed by atoms with Crippen LogP contribution in [0.2, 0.25) is 0 Å². The number of hydrogen-bond donors (Lipinski definition) is 2. The molecule has 4 heteroatoms. The second kappa shape index (κ2) is 3.56. The number of rotatable bonds is 1. The van der Waals surface area contributed by atoms with Crippen molar-refractivity contribution in [3.8, 4) is 0 Å². The summed E-state index contributed by atoms with van der Waals surface area (Å²) in [6, 6.07) is 7.44. The first-order chi connectivity index (χ1) is 5.25. The highest BCUT2D eigenvalue weighted by atomic mass is 127. The lowest BCUT2D eigenvalue weighted by Gasteiger charge is -1.99. The third kappa shape index (κ3) is 1.83. The summed E-state index contributed by atoms with van der Waals surface area (Å²) in [6.07, 6.45) is 0. The lowest BCUT2D eigenvalue weighted by molar-refractivity contribution is 0.318. The number of halogens is 1. The van der Waals surface area contributed by atoms with Gasteiger partial charge in [0.2, 0.25) is 0 Å². The van der Waals surface area contributed by atoms with Crippen LogP contribution in [0.4, 0.5) is 0 Å². The van der Waals surface area contributed by atoms with E-state index in [0.29, 0.717) is 0 Å². The zero-order valence-electron chi connectivity index (χ0n) is 5.66. The van der Waals surface area contributed by atoms with Crippen molar-refractivity contribution in [2.24, 2.45) is 10.9 Å². The summed E-state index contributed by atoms with van der Waals surface area (Å²) in [5.41, 5.74) is 6.15. The first-order valence-corrected chi connectivity index (χ1v) is 4.06. The van der Waals surface area contributed by atoms with E-state index in [0.717, 1.165) is 9.13 Å². The molecule has 0 bridgehead atoms. The number of benzene rings is 1. The Hall–Kier alpha value is -0.780. The van der Waals surface area contributed by atoms with Crippen molar-refractivity contribution in [3.63, 3.8) is 0 Å². The van der Waals surface area contributed by atoms with Gasteiger partial charge in [-0.1, -0.05) is 23.4 Å². The fourth-order valence-electron chi connectivity index (χ4n) is 0.723. The molecule has 0 amide bonds. The van der Waals surface area contributed by atoms with E-state index in [9.17, 15) is 0 Å². The fraction of sp³-hybridized carbons (Fsp3) is 0. The summed E-state index contributed by atoms with van der Waals surface area (Å²) in [7, 11) is 0. The Morgan fingerprint density at radius 2 is 2.09 bits per heavy atom. The van der Waals surface area contributed by atoms with E-state index >= 15 is 0 Å². The molecule has 0 aliphatic rings. The molecule has 0 fully saturated rings. The third-order valence-corrected chi connectivity index (χ3v) is 2.20. The van der Waals surface area contributed by atoms with Crippen molar-refractivity contribution in [1.82, 2.24) is 0 Å². The van der Waals surface area contributed by atoms with E-state index < -0.39 is 0 Å². The molecular weight excluding hydrogens is 255 g/mol. The maximum absolute atomic E-state index is 8.37. The molecule has 0 saturated carbocycles. The summed E-state index contributed by atoms with van der Waals surface area (Å²) in [5, 5.41) is 11.3. The van der Waals surface area contributed by atoms with Crippen molar-refractivity contribution >= 4 is 28.4 Å². The van der Waals surface area contributed by atoms with E-state index in [1.807, 2.05) is 18.2 Å². The van der Waals surface area contributed by atoms with Gasteiger partial charge in [0.15, 0.2) is 5.84 Å². The third-order valence-electron chi connectivity index (χ3n) is 1.26. The minimum atomic E-state index is 0.148. The van der Waals surface area contributed by atoms with Crippen LogP contribution in [0.1, 0.15) is 5.56 Å². The maximum atomic E-state index is 8.37. The second-order valence-electron chi connectivity index (χ2n) is 1.97. The van der Waals surface area contributed by atoms with E-state index in [1.54, 1.807) is 6.07 Å².